The van der Waals surface area contributed by atoms with Crippen molar-refractivity contribution in [2.45, 2.75) is 17.9 Å². The minimum atomic E-state index is -3.97. The first kappa shape index (κ1) is 27.1. The first-order chi connectivity index (χ1) is 17.1. The van der Waals surface area contributed by atoms with Crippen molar-refractivity contribution in [3.8, 4) is 0 Å². The van der Waals surface area contributed by atoms with Crippen LogP contribution in [0.2, 0.25) is 0 Å². The molecule has 2 aromatic rings. The Morgan fingerprint density at radius 2 is 1.78 bits per heavy atom. The molecular formula is C22H26N6O6S2. The fourth-order valence-corrected chi connectivity index (χ4v) is 6.28. The summed E-state index contributed by atoms with van der Waals surface area (Å²) in [7, 11) is -0.884. The van der Waals surface area contributed by atoms with Crippen molar-refractivity contribution in [1.29, 1.82) is 10.8 Å². The Kier molecular flexibility index (Phi) is 8.68. The molecule has 0 aliphatic carbocycles. The van der Waals surface area contributed by atoms with Crippen LogP contribution in [0.3, 0.4) is 0 Å². The van der Waals surface area contributed by atoms with Gasteiger partial charge in [0.1, 0.15) is 5.00 Å². The van der Waals surface area contributed by atoms with Gasteiger partial charge in [-0.2, -0.15) is 4.31 Å². The van der Waals surface area contributed by atoms with Gasteiger partial charge in [0.15, 0.2) is 0 Å². The van der Waals surface area contributed by atoms with Gasteiger partial charge in [0.25, 0.3) is 11.8 Å². The molecule has 0 radical (unpaired) electrons. The average molecular weight is 535 g/mol. The first-order valence-corrected chi connectivity index (χ1v) is 13.0. The third kappa shape index (κ3) is 5.84. The maximum absolute atomic E-state index is 13.0. The highest BCUT2D eigenvalue weighted by atomic mass is 32.2. The minimum Gasteiger partial charge on any atom is -0.453 e. The molecule has 0 spiro atoms. The zero-order chi connectivity index (χ0) is 26.5. The van der Waals surface area contributed by atoms with Crippen molar-refractivity contribution in [2.24, 2.45) is 0 Å². The van der Waals surface area contributed by atoms with Gasteiger partial charge < -0.3 is 25.8 Å². The fourth-order valence-electron chi connectivity index (χ4n) is 3.64. The van der Waals surface area contributed by atoms with Crippen LogP contribution in [0.4, 0.5) is 9.80 Å². The first-order valence-electron chi connectivity index (χ1n) is 10.7. The normalized spacial score (nSPS) is 13.5. The van der Waals surface area contributed by atoms with E-state index in [1.54, 1.807) is 0 Å². The monoisotopic (exact) mass is 534 g/mol. The van der Waals surface area contributed by atoms with Crippen LogP contribution in [0.5, 0.6) is 0 Å². The molecule has 0 saturated heterocycles. The number of nitrogens with zero attached hydrogens (tertiary/aromatic N) is 2. The molecule has 0 atom stereocenters. The van der Waals surface area contributed by atoms with Crippen LogP contribution in [-0.4, -0.2) is 81.8 Å². The molecule has 0 fully saturated rings. The van der Waals surface area contributed by atoms with E-state index in [0.29, 0.717) is 19.5 Å². The van der Waals surface area contributed by atoms with Gasteiger partial charge in [-0.3, -0.25) is 14.9 Å². The van der Waals surface area contributed by atoms with Crippen LogP contribution in [0.1, 0.15) is 31.2 Å². The second-order valence-corrected chi connectivity index (χ2v) is 10.9. The molecule has 12 nitrogen and oxygen atoms in total. The van der Waals surface area contributed by atoms with Crippen molar-refractivity contribution >= 4 is 56.7 Å². The molecular weight excluding hydrogens is 508 g/mol. The number of alkyl carbamates (subject to hydrolysis) is 1. The topological polar surface area (TPSA) is 173 Å². The average Bonchev–Trinajstić information content (AvgIpc) is 3.20. The van der Waals surface area contributed by atoms with E-state index >= 15 is 0 Å². The number of carbonyl (C=O) groups is 3. The number of sulfonamides is 1. The lowest BCUT2D eigenvalue weighted by Gasteiger charge is -2.22. The van der Waals surface area contributed by atoms with Gasteiger partial charge in [-0.25, -0.2) is 13.2 Å². The molecule has 4 N–H and O–H groups in total. The summed E-state index contributed by atoms with van der Waals surface area (Å²) in [4.78, 5) is 40.3. The SMILES string of the molecule is COC(=O)NC(=O)c1c(NC(=O)c2ccc(S(=O)(=O)N(CC=N)CC=N)cc2)sc2c1CCN(C)C2. The van der Waals surface area contributed by atoms with Crippen LogP contribution in [0.15, 0.2) is 29.2 Å². The lowest BCUT2D eigenvalue weighted by molar-refractivity contribution is 0.0936. The second kappa shape index (κ2) is 11.5. The number of hydrogen-bond donors (Lipinski definition) is 4. The van der Waals surface area contributed by atoms with E-state index in [-0.39, 0.29) is 34.1 Å². The van der Waals surface area contributed by atoms with E-state index in [2.05, 4.69) is 20.3 Å². The zero-order valence-corrected chi connectivity index (χ0v) is 21.3. The molecule has 0 unspecified atom stereocenters. The number of carbonyl (C=O) groups excluding carboxylic acids is 3. The highest BCUT2D eigenvalue weighted by Gasteiger charge is 2.29. The molecule has 1 aromatic heterocycles. The predicted octanol–water partition coefficient (Wildman–Crippen LogP) is 1.77. The standard InChI is InChI=1S/C22H26N6O6S2/c1-27-10-7-16-17(13-27)35-21(18(16)20(30)26-22(31)34-2)25-19(29)14-3-5-15(6-4-14)36(32,33)28(11-8-23)12-9-24/h3-6,8-9,23-24H,7,10-13H2,1-2H3,(H,25,29)(H,26,30,31). The largest absolute Gasteiger partial charge is 0.453 e. The summed E-state index contributed by atoms with van der Waals surface area (Å²) in [6.07, 6.45) is 1.50. The Bertz CT molecular complexity index is 1280. The van der Waals surface area contributed by atoms with Crippen molar-refractivity contribution in [1.82, 2.24) is 14.5 Å². The summed E-state index contributed by atoms with van der Waals surface area (Å²) in [6.45, 7) is 0.921. The number of imide groups is 1. The summed E-state index contributed by atoms with van der Waals surface area (Å²) < 4.78 is 31.1. The maximum atomic E-state index is 13.0. The number of benzene rings is 1. The van der Waals surface area contributed by atoms with Gasteiger partial charge in [0.2, 0.25) is 10.0 Å². The highest BCUT2D eigenvalue weighted by molar-refractivity contribution is 7.89. The van der Waals surface area contributed by atoms with E-state index in [1.165, 1.54) is 35.6 Å². The Morgan fingerprint density at radius 1 is 1.14 bits per heavy atom. The van der Waals surface area contributed by atoms with Crippen LogP contribution < -0.4 is 10.6 Å². The smallest absolute Gasteiger partial charge is 0.413 e. The van der Waals surface area contributed by atoms with E-state index in [1.807, 2.05) is 7.05 Å². The Hall–Kier alpha value is -3.46. The van der Waals surface area contributed by atoms with Crippen LogP contribution >= 0.6 is 11.3 Å². The predicted molar refractivity (Wildman–Crippen MR) is 135 cm³/mol. The van der Waals surface area contributed by atoms with E-state index < -0.39 is 27.9 Å². The number of hydrogen-bond acceptors (Lipinski definition) is 10. The number of amides is 3. The summed E-state index contributed by atoms with van der Waals surface area (Å²) in [5, 5.41) is 19.5. The summed E-state index contributed by atoms with van der Waals surface area (Å²) in [5.74, 6) is -1.24. The lowest BCUT2D eigenvalue weighted by Crippen LogP contribution is -2.34. The summed E-state index contributed by atoms with van der Waals surface area (Å²) in [6, 6.07) is 5.21. The number of likely N-dealkylation sites (N-methyl/N-ethyl adjacent to an activating group) is 1. The van der Waals surface area contributed by atoms with E-state index in [0.717, 1.165) is 34.3 Å². The van der Waals surface area contributed by atoms with E-state index in [4.69, 9.17) is 10.8 Å². The lowest BCUT2D eigenvalue weighted by atomic mass is 10.0. The van der Waals surface area contributed by atoms with Crippen LogP contribution in [-0.2, 0) is 27.7 Å². The molecule has 3 rings (SSSR count). The van der Waals surface area contributed by atoms with Crippen molar-refractivity contribution in [3.05, 3.63) is 45.8 Å². The third-order valence-corrected chi connectivity index (χ3v) is 8.43. The number of methoxy groups -OCH3 is 1. The maximum Gasteiger partial charge on any atom is 0.413 e. The Morgan fingerprint density at radius 3 is 2.36 bits per heavy atom. The van der Waals surface area contributed by atoms with Gasteiger partial charge in [-0.15, -0.1) is 11.3 Å². The van der Waals surface area contributed by atoms with Gasteiger partial charge in [-0.05, 0) is 43.3 Å². The van der Waals surface area contributed by atoms with Gasteiger partial charge in [0, 0.05) is 49.0 Å². The highest BCUT2D eigenvalue weighted by Crippen LogP contribution is 2.37. The number of thiophene rings is 1. The molecule has 36 heavy (non-hydrogen) atoms. The molecule has 1 aromatic carbocycles. The van der Waals surface area contributed by atoms with Gasteiger partial charge in [0.05, 0.1) is 17.6 Å². The van der Waals surface area contributed by atoms with Gasteiger partial charge in [-0.1, -0.05) is 0 Å². The Balaban J connectivity index is 1.87. The molecule has 0 bridgehead atoms. The number of rotatable bonds is 9. The number of nitrogens with one attached hydrogen (secondary N) is 4. The van der Waals surface area contributed by atoms with Crippen LogP contribution in [0.25, 0.3) is 0 Å². The molecule has 14 heteroatoms. The summed E-state index contributed by atoms with van der Waals surface area (Å²) >= 11 is 1.24. The van der Waals surface area contributed by atoms with Gasteiger partial charge >= 0.3 is 6.09 Å². The minimum absolute atomic E-state index is 0.0875. The van der Waals surface area contributed by atoms with Crippen molar-refractivity contribution < 1.29 is 27.5 Å². The molecule has 1 aliphatic rings. The third-order valence-electron chi connectivity index (χ3n) is 5.45. The van der Waals surface area contributed by atoms with E-state index in [9.17, 15) is 22.8 Å². The van der Waals surface area contributed by atoms with Crippen molar-refractivity contribution in [3.63, 3.8) is 0 Å². The fraction of sp³-hybridized carbons (Fsp3) is 0.318. The summed E-state index contributed by atoms with van der Waals surface area (Å²) in [5.41, 5.74) is 1.12. The number of fused-ring (bicyclic) bond motifs is 1. The Labute approximate surface area is 212 Å². The number of anilines is 1. The van der Waals surface area contributed by atoms with Crippen LogP contribution in [0, 0.1) is 10.8 Å². The molecule has 2 heterocycles. The molecule has 3 amide bonds. The molecule has 192 valence electrons. The molecule has 0 saturated carbocycles. The number of ether oxygens (including phenoxy) is 1. The molecule has 1 aliphatic heterocycles. The zero-order valence-electron chi connectivity index (χ0n) is 19.7. The quantitative estimate of drug-likeness (QED) is 0.355. The van der Waals surface area contributed by atoms with Crippen molar-refractivity contribution in [2.75, 3.05) is 39.1 Å². The second-order valence-electron chi connectivity index (χ2n) is 7.85.